The van der Waals surface area contributed by atoms with Crippen molar-refractivity contribution >= 4 is 34.4 Å². The van der Waals surface area contributed by atoms with E-state index in [1.54, 1.807) is 0 Å². The van der Waals surface area contributed by atoms with Gasteiger partial charge in [0.05, 0.1) is 5.52 Å². The Morgan fingerprint density at radius 2 is 2.05 bits per heavy atom. The van der Waals surface area contributed by atoms with E-state index in [1.807, 2.05) is 30.0 Å². The van der Waals surface area contributed by atoms with Crippen molar-refractivity contribution < 1.29 is 0 Å². The lowest BCUT2D eigenvalue weighted by atomic mass is 10.2. The van der Waals surface area contributed by atoms with Gasteiger partial charge in [-0.15, -0.1) is 0 Å². The highest BCUT2D eigenvalue weighted by Gasteiger charge is 2.15. The van der Waals surface area contributed by atoms with Gasteiger partial charge in [0, 0.05) is 30.8 Å². The molecule has 5 heteroatoms. The Hall–Kier alpha value is -1.49. The Bertz CT molecular complexity index is 587. The molecule has 0 radical (unpaired) electrons. The minimum absolute atomic E-state index is 0.428. The van der Waals surface area contributed by atoms with Crippen molar-refractivity contribution in [1.82, 2.24) is 9.97 Å². The van der Waals surface area contributed by atoms with E-state index in [0.717, 1.165) is 35.4 Å². The molecular formula is C16H24N4S. The number of thioether (sulfide) groups is 1. The number of benzene rings is 1. The largest absolute Gasteiger partial charge is 0.355 e. The summed E-state index contributed by atoms with van der Waals surface area (Å²) in [5.41, 5.74) is 0.990. The Morgan fingerprint density at radius 3 is 2.76 bits per heavy atom. The first-order valence-electron chi connectivity index (χ1n) is 7.39. The monoisotopic (exact) mass is 304 g/mol. The zero-order valence-electron chi connectivity index (χ0n) is 13.3. The molecule has 0 bridgehead atoms. The fourth-order valence-electron chi connectivity index (χ4n) is 2.21. The van der Waals surface area contributed by atoms with Crippen LogP contribution in [0.5, 0.6) is 0 Å². The third kappa shape index (κ3) is 3.79. The molecule has 0 saturated carbocycles. The minimum atomic E-state index is 0.428. The highest BCUT2D eigenvalue weighted by atomic mass is 32.2. The molecule has 21 heavy (non-hydrogen) atoms. The molecule has 1 N–H and O–H groups in total. The van der Waals surface area contributed by atoms with Crippen molar-refractivity contribution in [3.63, 3.8) is 0 Å². The predicted octanol–water partition coefficient (Wildman–Crippen LogP) is 3.64. The molecule has 0 saturated heterocycles. The number of para-hydroxylation sites is 1. The number of aromatic nitrogens is 2. The number of anilines is 2. The standard InChI is InChI=1S/C16H24N4S/c1-5-10-17-16-18-14-9-7-6-8-13(14)15(19-16)20(3)12(2)11-21-4/h6-9,12H,5,10-11H2,1-4H3,(H,17,18,19). The quantitative estimate of drug-likeness (QED) is 0.846. The van der Waals surface area contributed by atoms with Crippen LogP contribution in [0.2, 0.25) is 0 Å². The molecule has 1 aromatic carbocycles. The van der Waals surface area contributed by atoms with E-state index in [0.29, 0.717) is 12.0 Å². The molecule has 2 aromatic rings. The number of hydrogen-bond acceptors (Lipinski definition) is 5. The molecule has 0 aliphatic heterocycles. The molecular weight excluding hydrogens is 280 g/mol. The first kappa shape index (κ1) is 15.9. The average Bonchev–Trinajstić information content (AvgIpc) is 2.51. The minimum Gasteiger partial charge on any atom is -0.355 e. The first-order chi connectivity index (χ1) is 10.2. The van der Waals surface area contributed by atoms with Crippen LogP contribution >= 0.6 is 11.8 Å². The highest BCUT2D eigenvalue weighted by molar-refractivity contribution is 7.98. The molecule has 114 valence electrons. The second-order valence-electron chi connectivity index (χ2n) is 5.23. The fraction of sp³-hybridized carbons (Fsp3) is 0.500. The molecule has 1 aromatic heterocycles. The smallest absolute Gasteiger partial charge is 0.225 e. The van der Waals surface area contributed by atoms with Gasteiger partial charge >= 0.3 is 0 Å². The Morgan fingerprint density at radius 1 is 1.29 bits per heavy atom. The third-order valence-electron chi connectivity index (χ3n) is 3.52. The molecule has 1 atom stereocenters. The van der Waals surface area contributed by atoms with Gasteiger partial charge in [-0.2, -0.15) is 16.7 Å². The summed E-state index contributed by atoms with van der Waals surface area (Å²) in [7, 11) is 2.11. The summed E-state index contributed by atoms with van der Waals surface area (Å²) in [5, 5.41) is 4.41. The summed E-state index contributed by atoms with van der Waals surface area (Å²) in [6.07, 6.45) is 3.20. The zero-order chi connectivity index (χ0) is 15.2. The van der Waals surface area contributed by atoms with E-state index in [9.17, 15) is 0 Å². The molecule has 0 amide bonds. The van der Waals surface area contributed by atoms with Gasteiger partial charge in [-0.1, -0.05) is 19.1 Å². The average molecular weight is 304 g/mol. The van der Waals surface area contributed by atoms with Gasteiger partial charge in [0.15, 0.2) is 0 Å². The van der Waals surface area contributed by atoms with Gasteiger partial charge in [0.2, 0.25) is 5.95 Å². The fourth-order valence-corrected chi connectivity index (χ4v) is 2.91. The molecule has 2 rings (SSSR count). The zero-order valence-corrected chi connectivity index (χ0v) is 14.1. The Balaban J connectivity index is 2.43. The van der Waals surface area contributed by atoms with E-state index in [4.69, 9.17) is 4.98 Å². The SMILES string of the molecule is CCCNc1nc(N(C)C(C)CSC)c2ccccc2n1. The van der Waals surface area contributed by atoms with Crippen molar-refractivity contribution in [2.75, 3.05) is 35.8 Å². The van der Waals surface area contributed by atoms with E-state index in [1.165, 1.54) is 0 Å². The summed E-state index contributed by atoms with van der Waals surface area (Å²) in [5.74, 6) is 2.79. The summed E-state index contributed by atoms with van der Waals surface area (Å²) >= 11 is 1.86. The van der Waals surface area contributed by atoms with Gasteiger partial charge in [-0.3, -0.25) is 0 Å². The van der Waals surface area contributed by atoms with E-state index >= 15 is 0 Å². The molecule has 0 aliphatic carbocycles. The van der Waals surface area contributed by atoms with Crippen molar-refractivity contribution in [2.24, 2.45) is 0 Å². The van der Waals surface area contributed by atoms with Crippen molar-refractivity contribution in [1.29, 1.82) is 0 Å². The van der Waals surface area contributed by atoms with E-state index in [-0.39, 0.29) is 0 Å². The van der Waals surface area contributed by atoms with Crippen LogP contribution in [0.1, 0.15) is 20.3 Å². The summed E-state index contributed by atoms with van der Waals surface area (Å²) in [6, 6.07) is 8.63. The van der Waals surface area contributed by atoms with Crippen LogP contribution in [0.25, 0.3) is 10.9 Å². The predicted molar refractivity (Wildman–Crippen MR) is 94.6 cm³/mol. The van der Waals surface area contributed by atoms with Crippen LogP contribution in [-0.4, -0.2) is 41.6 Å². The maximum atomic E-state index is 4.74. The lowest BCUT2D eigenvalue weighted by molar-refractivity contribution is 0.756. The normalized spacial score (nSPS) is 12.4. The summed E-state index contributed by atoms with van der Waals surface area (Å²) < 4.78 is 0. The summed E-state index contributed by atoms with van der Waals surface area (Å²) in [4.78, 5) is 11.6. The van der Waals surface area contributed by atoms with E-state index < -0.39 is 0 Å². The first-order valence-corrected chi connectivity index (χ1v) is 8.79. The van der Waals surface area contributed by atoms with Crippen molar-refractivity contribution in [2.45, 2.75) is 26.3 Å². The molecule has 0 spiro atoms. The maximum absolute atomic E-state index is 4.74. The number of fused-ring (bicyclic) bond motifs is 1. The summed E-state index contributed by atoms with van der Waals surface area (Å²) in [6.45, 7) is 5.26. The molecule has 0 fully saturated rings. The van der Waals surface area contributed by atoms with Crippen molar-refractivity contribution in [3.8, 4) is 0 Å². The lowest BCUT2D eigenvalue weighted by Gasteiger charge is -2.26. The van der Waals surface area contributed by atoms with Crippen molar-refractivity contribution in [3.05, 3.63) is 24.3 Å². The van der Waals surface area contributed by atoms with Gasteiger partial charge in [0.1, 0.15) is 5.82 Å². The van der Waals surface area contributed by atoms with Crippen LogP contribution in [0, 0.1) is 0 Å². The highest BCUT2D eigenvalue weighted by Crippen LogP contribution is 2.26. The van der Waals surface area contributed by atoms with Gasteiger partial charge < -0.3 is 10.2 Å². The lowest BCUT2D eigenvalue weighted by Crippen LogP contribution is -2.32. The third-order valence-corrected chi connectivity index (χ3v) is 4.34. The van der Waals surface area contributed by atoms with Gasteiger partial charge in [0.25, 0.3) is 0 Å². The number of rotatable bonds is 7. The van der Waals surface area contributed by atoms with Gasteiger partial charge in [-0.05, 0) is 31.7 Å². The second kappa shape index (κ2) is 7.50. The van der Waals surface area contributed by atoms with Crippen LogP contribution in [0.3, 0.4) is 0 Å². The molecule has 4 nitrogen and oxygen atoms in total. The van der Waals surface area contributed by atoms with Crippen LogP contribution in [0.15, 0.2) is 24.3 Å². The van der Waals surface area contributed by atoms with Crippen LogP contribution in [-0.2, 0) is 0 Å². The number of nitrogens with zero attached hydrogens (tertiary/aromatic N) is 3. The van der Waals surface area contributed by atoms with Crippen LogP contribution in [0.4, 0.5) is 11.8 Å². The molecule has 0 aliphatic rings. The Labute approximate surface area is 131 Å². The second-order valence-corrected chi connectivity index (χ2v) is 6.14. The molecule has 1 unspecified atom stereocenters. The number of nitrogens with one attached hydrogen (secondary N) is 1. The van der Waals surface area contributed by atoms with Gasteiger partial charge in [-0.25, -0.2) is 4.98 Å². The molecule has 1 heterocycles. The van der Waals surface area contributed by atoms with E-state index in [2.05, 4.69) is 48.4 Å². The number of hydrogen-bond donors (Lipinski definition) is 1. The topological polar surface area (TPSA) is 41.1 Å². The maximum Gasteiger partial charge on any atom is 0.225 e. The Kier molecular flexibility index (Phi) is 5.67. The van der Waals surface area contributed by atoms with Crippen LogP contribution < -0.4 is 10.2 Å².